The molecule has 1 saturated heterocycles. The molecule has 0 aliphatic carbocycles. The molecule has 1 fully saturated rings. The predicted molar refractivity (Wildman–Crippen MR) is 86.9 cm³/mol. The fraction of sp³-hybridized carbons (Fsp3) is 0.562. The average Bonchev–Trinajstić information content (AvgIpc) is 2.49. The zero-order valence-electron chi connectivity index (χ0n) is 13.2. The Morgan fingerprint density at radius 1 is 1.24 bits per heavy atom. The van der Waals surface area contributed by atoms with Crippen molar-refractivity contribution in [1.29, 1.82) is 0 Å². The zero-order valence-corrected chi connectivity index (χ0v) is 13.2. The highest BCUT2D eigenvalue weighted by molar-refractivity contribution is 5.94. The Hall–Kier alpha value is -1.59. The Balaban J connectivity index is 1.86. The molecule has 1 aliphatic rings. The van der Waals surface area contributed by atoms with Gasteiger partial charge >= 0.3 is 0 Å². The van der Waals surface area contributed by atoms with Gasteiger partial charge in [-0.2, -0.15) is 0 Å². The normalized spacial score (nSPS) is 20.2. The first kappa shape index (κ1) is 15.8. The number of likely N-dealkylation sites (N-methyl/N-ethyl adjacent to an activating group) is 2. The van der Waals surface area contributed by atoms with Gasteiger partial charge in [-0.05, 0) is 45.3 Å². The summed E-state index contributed by atoms with van der Waals surface area (Å²) in [5.74, 6) is -0.000301. The molecule has 116 valence electrons. The number of piperazine rings is 1. The molecule has 0 bridgehead atoms. The van der Waals surface area contributed by atoms with Gasteiger partial charge in [0, 0.05) is 50.0 Å². The summed E-state index contributed by atoms with van der Waals surface area (Å²) in [5.41, 5.74) is 1.76. The van der Waals surface area contributed by atoms with Crippen molar-refractivity contribution in [2.45, 2.75) is 13.0 Å². The van der Waals surface area contributed by atoms with Crippen LogP contribution in [0.1, 0.15) is 17.3 Å². The molecule has 0 radical (unpaired) electrons. The molecule has 5 nitrogen and oxygen atoms in total. The summed E-state index contributed by atoms with van der Waals surface area (Å²) in [6, 6.07) is 8.00. The molecule has 2 rings (SSSR count). The Bertz CT molecular complexity index is 460. The van der Waals surface area contributed by atoms with E-state index in [0.717, 1.165) is 31.9 Å². The lowest BCUT2D eigenvalue weighted by atomic mass is 10.1. The van der Waals surface area contributed by atoms with Crippen LogP contribution in [-0.4, -0.2) is 68.6 Å². The first-order valence-electron chi connectivity index (χ1n) is 7.61. The van der Waals surface area contributed by atoms with Gasteiger partial charge in [0.2, 0.25) is 0 Å². The molecule has 5 heteroatoms. The van der Waals surface area contributed by atoms with E-state index in [1.54, 1.807) is 0 Å². The van der Waals surface area contributed by atoms with E-state index in [1.807, 2.05) is 24.3 Å². The number of anilines is 1. The number of nitrogens with one attached hydrogen (secondary N) is 2. The van der Waals surface area contributed by atoms with Crippen LogP contribution in [0.2, 0.25) is 0 Å². The lowest BCUT2D eigenvalue weighted by Gasteiger charge is -2.37. The number of carbonyl (C=O) groups is 1. The minimum atomic E-state index is -0.000301. The van der Waals surface area contributed by atoms with Crippen LogP contribution < -0.4 is 10.6 Å². The summed E-state index contributed by atoms with van der Waals surface area (Å²) in [6.07, 6.45) is 0. The smallest absolute Gasteiger partial charge is 0.251 e. The summed E-state index contributed by atoms with van der Waals surface area (Å²) < 4.78 is 0. The molecule has 21 heavy (non-hydrogen) atoms. The number of nitrogens with zero attached hydrogens (tertiary/aromatic N) is 2. The van der Waals surface area contributed by atoms with E-state index in [9.17, 15) is 4.79 Å². The molecule has 1 aromatic carbocycles. The van der Waals surface area contributed by atoms with Crippen molar-refractivity contribution in [2.75, 3.05) is 52.1 Å². The number of hydrogen-bond donors (Lipinski definition) is 2. The Morgan fingerprint density at radius 2 is 1.95 bits per heavy atom. The second-order valence-corrected chi connectivity index (χ2v) is 5.71. The summed E-state index contributed by atoms with van der Waals surface area (Å²) in [6.45, 7) is 6.76. The van der Waals surface area contributed by atoms with Crippen LogP contribution >= 0.6 is 0 Å². The largest absolute Gasteiger partial charge is 0.385 e. The molecular formula is C16H26N4O. The monoisotopic (exact) mass is 290 g/mol. The predicted octanol–water partition coefficient (Wildman–Crippen LogP) is 1.09. The van der Waals surface area contributed by atoms with Gasteiger partial charge in [0.05, 0.1) is 0 Å². The number of rotatable bonds is 5. The van der Waals surface area contributed by atoms with Crippen molar-refractivity contribution in [3.05, 3.63) is 29.8 Å². The van der Waals surface area contributed by atoms with E-state index in [0.29, 0.717) is 18.2 Å². The van der Waals surface area contributed by atoms with Crippen LogP contribution in [0.25, 0.3) is 0 Å². The number of hydrogen-bond acceptors (Lipinski definition) is 4. The molecule has 1 aromatic rings. The fourth-order valence-electron chi connectivity index (χ4n) is 2.58. The second kappa shape index (κ2) is 7.43. The van der Waals surface area contributed by atoms with Crippen molar-refractivity contribution in [3.8, 4) is 0 Å². The molecule has 1 atom stereocenters. The second-order valence-electron chi connectivity index (χ2n) is 5.71. The first-order valence-corrected chi connectivity index (χ1v) is 7.61. The number of benzene rings is 1. The van der Waals surface area contributed by atoms with Crippen LogP contribution in [0.5, 0.6) is 0 Å². The van der Waals surface area contributed by atoms with Crippen LogP contribution in [0.15, 0.2) is 24.3 Å². The molecule has 1 heterocycles. The highest BCUT2D eigenvalue weighted by Crippen LogP contribution is 2.10. The highest BCUT2D eigenvalue weighted by atomic mass is 16.1. The van der Waals surface area contributed by atoms with Gasteiger partial charge in [-0.1, -0.05) is 0 Å². The summed E-state index contributed by atoms with van der Waals surface area (Å²) >= 11 is 0. The van der Waals surface area contributed by atoms with Gasteiger partial charge in [-0.15, -0.1) is 0 Å². The quantitative estimate of drug-likeness (QED) is 0.852. The lowest BCUT2D eigenvalue weighted by molar-refractivity contribution is 0.0881. The van der Waals surface area contributed by atoms with Gasteiger partial charge in [0.1, 0.15) is 0 Å². The number of amides is 1. The van der Waals surface area contributed by atoms with E-state index in [2.05, 4.69) is 41.5 Å². The van der Waals surface area contributed by atoms with E-state index in [1.165, 1.54) is 0 Å². The lowest BCUT2D eigenvalue weighted by Crippen LogP contribution is -2.54. The molecule has 1 unspecified atom stereocenters. The third-order valence-electron chi connectivity index (χ3n) is 4.01. The summed E-state index contributed by atoms with van der Waals surface area (Å²) in [7, 11) is 4.25. The van der Waals surface area contributed by atoms with Gasteiger partial charge in [-0.25, -0.2) is 0 Å². The van der Waals surface area contributed by atoms with Gasteiger partial charge in [0.15, 0.2) is 0 Å². The number of carbonyl (C=O) groups excluding carboxylic acids is 1. The molecule has 2 N–H and O–H groups in total. The van der Waals surface area contributed by atoms with Crippen LogP contribution in [0, 0.1) is 0 Å². The molecule has 1 amide bonds. The van der Waals surface area contributed by atoms with Gasteiger partial charge < -0.3 is 15.5 Å². The van der Waals surface area contributed by atoms with Gasteiger partial charge in [0.25, 0.3) is 5.91 Å². The molecule has 1 aliphatic heterocycles. The van der Waals surface area contributed by atoms with E-state index in [-0.39, 0.29) is 5.91 Å². The third-order valence-corrected chi connectivity index (χ3v) is 4.01. The Morgan fingerprint density at radius 3 is 2.62 bits per heavy atom. The third kappa shape index (κ3) is 4.44. The highest BCUT2D eigenvalue weighted by Gasteiger charge is 2.22. The summed E-state index contributed by atoms with van der Waals surface area (Å²) in [5, 5.41) is 6.27. The first-order chi connectivity index (χ1) is 10.1. The van der Waals surface area contributed by atoms with E-state index < -0.39 is 0 Å². The van der Waals surface area contributed by atoms with Crippen molar-refractivity contribution in [3.63, 3.8) is 0 Å². The Labute approximate surface area is 127 Å². The van der Waals surface area contributed by atoms with E-state index >= 15 is 0 Å². The molecule has 0 saturated carbocycles. The van der Waals surface area contributed by atoms with Crippen LogP contribution in [0.4, 0.5) is 5.69 Å². The van der Waals surface area contributed by atoms with Crippen molar-refractivity contribution in [2.24, 2.45) is 0 Å². The van der Waals surface area contributed by atoms with Crippen molar-refractivity contribution >= 4 is 11.6 Å². The van der Waals surface area contributed by atoms with Crippen LogP contribution in [-0.2, 0) is 0 Å². The maximum Gasteiger partial charge on any atom is 0.251 e. The molecular weight excluding hydrogens is 264 g/mol. The molecule has 0 spiro atoms. The minimum absolute atomic E-state index is 0.000301. The summed E-state index contributed by atoms with van der Waals surface area (Å²) in [4.78, 5) is 16.8. The van der Waals surface area contributed by atoms with E-state index in [4.69, 9.17) is 0 Å². The fourth-order valence-corrected chi connectivity index (χ4v) is 2.58. The van der Waals surface area contributed by atoms with Crippen LogP contribution in [0.3, 0.4) is 0 Å². The Kier molecular flexibility index (Phi) is 5.59. The zero-order chi connectivity index (χ0) is 15.2. The molecule has 0 aromatic heterocycles. The topological polar surface area (TPSA) is 47.6 Å². The average molecular weight is 290 g/mol. The standard InChI is InChI=1S/C16H26N4O/c1-4-17-14-7-5-13(6-8-14)16(21)18-11-15-12-19(2)9-10-20(15)3/h5-8,15,17H,4,9-12H2,1-3H3,(H,18,21). The van der Waals surface area contributed by atoms with Crippen molar-refractivity contribution in [1.82, 2.24) is 15.1 Å². The maximum atomic E-state index is 12.2. The van der Waals surface area contributed by atoms with Gasteiger partial charge in [-0.3, -0.25) is 9.69 Å². The minimum Gasteiger partial charge on any atom is -0.385 e. The SMILES string of the molecule is CCNc1ccc(C(=O)NCC2CN(C)CCN2C)cc1. The van der Waals surface area contributed by atoms with Crippen molar-refractivity contribution < 1.29 is 4.79 Å². The maximum absolute atomic E-state index is 12.2.